The molecule has 1 aromatic carbocycles. The van der Waals surface area contributed by atoms with Crippen LogP contribution in [0.1, 0.15) is 32.8 Å². The van der Waals surface area contributed by atoms with Gasteiger partial charge in [0.25, 0.3) is 0 Å². The molecule has 0 aromatic heterocycles. The van der Waals surface area contributed by atoms with E-state index in [4.69, 9.17) is 0 Å². The molecule has 0 aliphatic carbocycles. The average molecular weight is 282 g/mol. The van der Waals surface area contributed by atoms with E-state index >= 15 is 0 Å². The molecule has 0 radical (unpaired) electrons. The van der Waals surface area contributed by atoms with Gasteiger partial charge in [-0.25, -0.2) is 8.78 Å². The van der Waals surface area contributed by atoms with Crippen molar-refractivity contribution in [1.82, 2.24) is 10.2 Å². The van der Waals surface area contributed by atoms with Gasteiger partial charge in [-0.1, -0.05) is 19.9 Å². The fourth-order valence-corrected chi connectivity index (χ4v) is 2.87. The lowest BCUT2D eigenvalue weighted by Gasteiger charge is -2.40. The number of nitrogens with zero attached hydrogens (tertiary/aromatic N) is 1. The minimum Gasteiger partial charge on any atom is -0.311 e. The lowest BCUT2D eigenvalue weighted by Crippen LogP contribution is -2.55. The van der Waals surface area contributed by atoms with Gasteiger partial charge in [-0.15, -0.1) is 0 Å². The van der Waals surface area contributed by atoms with Crippen LogP contribution < -0.4 is 5.32 Å². The number of benzene rings is 1. The first-order chi connectivity index (χ1) is 9.45. The maximum atomic E-state index is 13.3. The van der Waals surface area contributed by atoms with Crippen LogP contribution in [0.5, 0.6) is 0 Å². The first-order valence-corrected chi connectivity index (χ1v) is 7.37. The number of piperazine rings is 1. The van der Waals surface area contributed by atoms with Gasteiger partial charge < -0.3 is 5.32 Å². The van der Waals surface area contributed by atoms with Crippen LogP contribution in [0.4, 0.5) is 8.78 Å². The number of hydrogen-bond acceptors (Lipinski definition) is 2. The van der Waals surface area contributed by atoms with Crippen LogP contribution >= 0.6 is 0 Å². The van der Waals surface area contributed by atoms with E-state index in [1.807, 2.05) is 0 Å². The Morgan fingerprint density at radius 2 is 2.05 bits per heavy atom. The van der Waals surface area contributed by atoms with E-state index in [9.17, 15) is 8.78 Å². The highest BCUT2D eigenvalue weighted by atomic mass is 19.2. The molecule has 20 heavy (non-hydrogen) atoms. The molecule has 1 fully saturated rings. The highest BCUT2D eigenvalue weighted by Crippen LogP contribution is 2.19. The molecule has 2 nitrogen and oxygen atoms in total. The minimum atomic E-state index is -0.777. The van der Waals surface area contributed by atoms with Gasteiger partial charge in [-0.05, 0) is 37.0 Å². The third-order valence-corrected chi connectivity index (χ3v) is 3.84. The number of nitrogens with one attached hydrogen (secondary N) is 1. The molecule has 1 aliphatic heterocycles. The molecule has 1 aromatic rings. The largest absolute Gasteiger partial charge is 0.311 e. The van der Waals surface area contributed by atoms with Gasteiger partial charge in [0.1, 0.15) is 0 Å². The Balaban J connectivity index is 2.08. The maximum absolute atomic E-state index is 13.3. The number of halogens is 2. The monoisotopic (exact) mass is 282 g/mol. The molecule has 0 saturated carbocycles. The Kier molecular flexibility index (Phi) is 5.11. The second kappa shape index (κ2) is 6.64. The molecule has 112 valence electrons. The smallest absolute Gasteiger partial charge is 0.159 e. The van der Waals surface area contributed by atoms with E-state index in [0.717, 1.165) is 25.1 Å². The van der Waals surface area contributed by atoms with Crippen LogP contribution in [0.15, 0.2) is 18.2 Å². The van der Waals surface area contributed by atoms with Crippen LogP contribution in [-0.2, 0) is 6.54 Å². The van der Waals surface area contributed by atoms with Crippen molar-refractivity contribution in [3.8, 4) is 0 Å². The van der Waals surface area contributed by atoms with Crippen LogP contribution in [-0.4, -0.2) is 30.1 Å². The highest BCUT2D eigenvalue weighted by Gasteiger charge is 2.26. The zero-order valence-electron chi connectivity index (χ0n) is 12.5. The molecule has 2 unspecified atom stereocenters. The van der Waals surface area contributed by atoms with E-state index < -0.39 is 11.6 Å². The second-order valence-corrected chi connectivity index (χ2v) is 6.27. The SMILES string of the molecule is CC(C)CC1CNC(C)CN1Cc1ccc(F)c(F)c1. The second-order valence-electron chi connectivity index (χ2n) is 6.27. The summed E-state index contributed by atoms with van der Waals surface area (Å²) in [5.74, 6) is -0.907. The Bertz CT molecular complexity index is 448. The lowest BCUT2D eigenvalue weighted by molar-refractivity contribution is 0.111. The molecule has 0 spiro atoms. The molecular formula is C16H24F2N2. The quantitative estimate of drug-likeness (QED) is 0.912. The van der Waals surface area contributed by atoms with E-state index in [2.05, 4.69) is 31.0 Å². The molecule has 0 amide bonds. The van der Waals surface area contributed by atoms with Crippen LogP contribution in [0.2, 0.25) is 0 Å². The highest BCUT2D eigenvalue weighted by molar-refractivity contribution is 5.18. The molecule has 0 bridgehead atoms. The zero-order chi connectivity index (χ0) is 14.7. The molecule has 1 saturated heterocycles. The molecular weight excluding hydrogens is 258 g/mol. The van der Waals surface area contributed by atoms with E-state index in [-0.39, 0.29) is 0 Å². The van der Waals surface area contributed by atoms with Gasteiger partial charge in [0.2, 0.25) is 0 Å². The molecule has 1 N–H and O–H groups in total. The Labute approximate surface area is 120 Å². The van der Waals surface area contributed by atoms with Crippen molar-refractivity contribution in [3.63, 3.8) is 0 Å². The summed E-state index contributed by atoms with van der Waals surface area (Å²) < 4.78 is 26.3. The third-order valence-electron chi connectivity index (χ3n) is 3.84. The molecule has 2 atom stereocenters. The summed E-state index contributed by atoms with van der Waals surface area (Å²) in [7, 11) is 0. The topological polar surface area (TPSA) is 15.3 Å². The summed E-state index contributed by atoms with van der Waals surface area (Å²) in [5, 5.41) is 3.50. The van der Waals surface area contributed by atoms with Crippen molar-refractivity contribution in [2.75, 3.05) is 13.1 Å². The predicted octanol–water partition coefficient (Wildman–Crippen LogP) is 3.17. The fraction of sp³-hybridized carbons (Fsp3) is 0.625. The summed E-state index contributed by atoms with van der Waals surface area (Å²) >= 11 is 0. The molecule has 1 aliphatic rings. The summed E-state index contributed by atoms with van der Waals surface area (Å²) in [6.45, 7) is 9.17. The maximum Gasteiger partial charge on any atom is 0.159 e. The fourth-order valence-electron chi connectivity index (χ4n) is 2.87. The number of hydrogen-bond donors (Lipinski definition) is 1. The van der Waals surface area contributed by atoms with Gasteiger partial charge in [-0.3, -0.25) is 4.90 Å². The van der Waals surface area contributed by atoms with Crippen LogP contribution in [0.3, 0.4) is 0 Å². The summed E-state index contributed by atoms with van der Waals surface area (Å²) in [4.78, 5) is 2.38. The van der Waals surface area contributed by atoms with Gasteiger partial charge in [-0.2, -0.15) is 0 Å². The minimum absolute atomic E-state index is 0.434. The number of rotatable bonds is 4. The Morgan fingerprint density at radius 1 is 1.30 bits per heavy atom. The van der Waals surface area contributed by atoms with E-state index in [1.54, 1.807) is 6.07 Å². The van der Waals surface area contributed by atoms with Crippen molar-refractivity contribution < 1.29 is 8.78 Å². The van der Waals surface area contributed by atoms with Crippen molar-refractivity contribution >= 4 is 0 Å². The average Bonchev–Trinajstić information content (AvgIpc) is 2.37. The van der Waals surface area contributed by atoms with Crippen LogP contribution in [0.25, 0.3) is 0 Å². The van der Waals surface area contributed by atoms with Crippen molar-refractivity contribution in [3.05, 3.63) is 35.4 Å². The summed E-state index contributed by atoms with van der Waals surface area (Å²) in [5.41, 5.74) is 0.840. The van der Waals surface area contributed by atoms with E-state index in [0.29, 0.717) is 24.5 Å². The molecule has 2 rings (SSSR count). The normalized spacial score (nSPS) is 24.3. The molecule has 1 heterocycles. The zero-order valence-corrected chi connectivity index (χ0v) is 12.5. The van der Waals surface area contributed by atoms with Gasteiger partial charge in [0.05, 0.1) is 0 Å². The van der Waals surface area contributed by atoms with Crippen LogP contribution in [0, 0.1) is 17.6 Å². The van der Waals surface area contributed by atoms with Crippen molar-refractivity contribution in [1.29, 1.82) is 0 Å². The van der Waals surface area contributed by atoms with Crippen molar-refractivity contribution in [2.45, 2.75) is 45.8 Å². The Morgan fingerprint density at radius 3 is 2.70 bits per heavy atom. The van der Waals surface area contributed by atoms with Gasteiger partial charge >= 0.3 is 0 Å². The third kappa shape index (κ3) is 4.00. The van der Waals surface area contributed by atoms with E-state index in [1.165, 1.54) is 12.1 Å². The first-order valence-electron chi connectivity index (χ1n) is 7.37. The standard InChI is InChI=1S/C16H24F2N2/c1-11(2)6-14-8-19-12(3)9-20(14)10-13-4-5-15(17)16(18)7-13/h4-5,7,11-12,14,19H,6,8-10H2,1-3H3. The lowest BCUT2D eigenvalue weighted by atomic mass is 9.98. The Hall–Kier alpha value is -1.00. The van der Waals surface area contributed by atoms with Crippen molar-refractivity contribution in [2.24, 2.45) is 5.92 Å². The first kappa shape index (κ1) is 15.4. The van der Waals surface area contributed by atoms with Gasteiger partial charge in [0, 0.05) is 31.7 Å². The van der Waals surface area contributed by atoms with Gasteiger partial charge in [0.15, 0.2) is 11.6 Å². The predicted molar refractivity (Wildman–Crippen MR) is 77.5 cm³/mol. The molecule has 4 heteroatoms. The summed E-state index contributed by atoms with van der Waals surface area (Å²) in [6.07, 6.45) is 1.11. The summed E-state index contributed by atoms with van der Waals surface area (Å²) in [6, 6.07) is 5.10.